The van der Waals surface area contributed by atoms with Crippen molar-refractivity contribution in [3.05, 3.63) is 54.1 Å². The van der Waals surface area contributed by atoms with Crippen molar-refractivity contribution in [3.8, 4) is 0 Å². The molecule has 0 fully saturated rings. The standard InChI is InChI=1S/C16H14BBr/c1-17-16-13-8-4-2-6-11(13)15(10-18)12-7-3-5-9-14(12)16/h2-9,17H,10H2,1H3. The highest BCUT2D eigenvalue weighted by molar-refractivity contribution is 9.08. The molecule has 0 aliphatic rings. The smallest absolute Gasteiger partial charge is 0.0876 e. The normalized spacial score (nSPS) is 11.0. The van der Waals surface area contributed by atoms with Gasteiger partial charge in [0, 0.05) is 5.33 Å². The van der Waals surface area contributed by atoms with Gasteiger partial charge in [-0.2, -0.15) is 0 Å². The fourth-order valence-electron chi connectivity index (χ4n) is 2.83. The van der Waals surface area contributed by atoms with E-state index < -0.39 is 0 Å². The van der Waals surface area contributed by atoms with Gasteiger partial charge in [0.05, 0.1) is 0 Å². The Hall–Kier alpha value is -1.28. The zero-order valence-corrected chi connectivity index (χ0v) is 12.0. The molecule has 0 aliphatic carbocycles. The molecule has 0 bridgehead atoms. The summed E-state index contributed by atoms with van der Waals surface area (Å²) in [5, 5.41) is 6.45. The molecule has 0 atom stereocenters. The summed E-state index contributed by atoms with van der Waals surface area (Å²) in [5.74, 6) is 0. The first-order valence-corrected chi connectivity index (χ1v) is 7.46. The molecule has 88 valence electrons. The lowest BCUT2D eigenvalue weighted by Gasteiger charge is -2.14. The lowest BCUT2D eigenvalue weighted by molar-refractivity contribution is 1.54. The van der Waals surface area contributed by atoms with E-state index >= 15 is 0 Å². The molecule has 3 aromatic rings. The molecule has 0 nitrogen and oxygen atoms in total. The fourth-order valence-corrected chi connectivity index (χ4v) is 3.44. The molecule has 2 heteroatoms. The van der Waals surface area contributed by atoms with Gasteiger partial charge in [0.1, 0.15) is 0 Å². The SMILES string of the molecule is CBc1c2ccccc2c(CBr)c2ccccc12. The maximum Gasteiger partial charge on any atom is 0.156 e. The summed E-state index contributed by atoms with van der Waals surface area (Å²) in [5.41, 5.74) is 2.87. The Kier molecular flexibility index (Phi) is 3.13. The fraction of sp³-hybridized carbons (Fsp3) is 0.125. The highest BCUT2D eigenvalue weighted by Crippen LogP contribution is 2.28. The Morgan fingerprint density at radius 3 is 1.67 bits per heavy atom. The molecule has 0 heterocycles. The molecular weight excluding hydrogens is 283 g/mol. The second-order valence-corrected chi connectivity index (χ2v) is 5.10. The van der Waals surface area contributed by atoms with Crippen LogP contribution in [0.25, 0.3) is 21.5 Å². The number of rotatable bonds is 2. The van der Waals surface area contributed by atoms with Crippen LogP contribution in [0.2, 0.25) is 6.82 Å². The Labute approximate surface area is 116 Å². The largest absolute Gasteiger partial charge is 0.156 e. The van der Waals surface area contributed by atoms with Crippen molar-refractivity contribution in [2.24, 2.45) is 0 Å². The van der Waals surface area contributed by atoms with Crippen LogP contribution in [0.4, 0.5) is 0 Å². The summed E-state index contributed by atoms with van der Waals surface area (Å²) in [6.45, 7) is 2.24. The topological polar surface area (TPSA) is 0 Å². The summed E-state index contributed by atoms with van der Waals surface area (Å²) < 4.78 is 0. The summed E-state index contributed by atoms with van der Waals surface area (Å²) in [4.78, 5) is 0. The zero-order chi connectivity index (χ0) is 12.5. The first kappa shape index (κ1) is 11.8. The number of hydrogen-bond acceptors (Lipinski definition) is 0. The van der Waals surface area contributed by atoms with Crippen LogP contribution in [0.1, 0.15) is 5.56 Å². The molecule has 0 aliphatic heterocycles. The van der Waals surface area contributed by atoms with Crippen molar-refractivity contribution >= 4 is 50.2 Å². The van der Waals surface area contributed by atoms with E-state index in [9.17, 15) is 0 Å². The first-order chi connectivity index (χ1) is 8.86. The van der Waals surface area contributed by atoms with E-state index in [-0.39, 0.29) is 0 Å². The van der Waals surface area contributed by atoms with E-state index in [1.54, 1.807) is 0 Å². The van der Waals surface area contributed by atoms with Gasteiger partial charge in [-0.05, 0) is 27.1 Å². The summed E-state index contributed by atoms with van der Waals surface area (Å²) in [6.07, 6.45) is 0. The van der Waals surface area contributed by atoms with Crippen molar-refractivity contribution < 1.29 is 0 Å². The van der Waals surface area contributed by atoms with Gasteiger partial charge in [-0.1, -0.05) is 76.7 Å². The maximum absolute atomic E-state index is 3.65. The number of fused-ring (bicyclic) bond motifs is 2. The van der Waals surface area contributed by atoms with Crippen LogP contribution < -0.4 is 5.46 Å². The number of alkyl halides is 1. The molecule has 3 aromatic carbocycles. The van der Waals surface area contributed by atoms with Gasteiger partial charge in [-0.15, -0.1) is 0 Å². The molecule has 0 aromatic heterocycles. The van der Waals surface area contributed by atoms with E-state index in [1.807, 2.05) is 0 Å². The van der Waals surface area contributed by atoms with Crippen molar-refractivity contribution in [1.29, 1.82) is 0 Å². The Bertz CT molecular complexity index is 600. The molecule has 0 saturated carbocycles. The predicted octanol–water partition coefficient (Wildman–Crippen LogP) is 4.00. The average Bonchev–Trinajstić information content (AvgIpc) is 2.44. The van der Waals surface area contributed by atoms with Gasteiger partial charge in [-0.3, -0.25) is 0 Å². The summed E-state index contributed by atoms with van der Waals surface area (Å²) in [7, 11) is 1.07. The third kappa shape index (κ3) is 1.67. The minimum Gasteiger partial charge on any atom is -0.0876 e. The van der Waals surface area contributed by atoms with Crippen molar-refractivity contribution in [3.63, 3.8) is 0 Å². The van der Waals surface area contributed by atoms with Crippen LogP contribution in [0, 0.1) is 0 Å². The van der Waals surface area contributed by atoms with E-state index in [2.05, 4.69) is 71.3 Å². The third-order valence-electron chi connectivity index (χ3n) is 3.64. The Morgan fingerprint density at radius 1 is 0.833 bits per heavy atom. The molecule has 0 radical (unpaired) electrons. The predicted molar refractivity (Wildman–Crippen MR) is 86.7 cm³/mol. The zero-order valence-electron chi connectivity index (χ0n) is 10.4. The first-order valence-electron chi connectivity index (χ1n) is 6.34. The van der Waals surface area contributed by atoms with Gasteiger partial charge in [0.15, 0.2) is 7.28 Å². The molecule has 0 unspecified atom stereocenters. The van der Waals surface area contributed by atoms with Gasteiger partial charge in [0.25, 0.3) is 0 Å². The molecule has 0 spiro atoms. The van der Waals surface area contributed by atoms with Gasteiger partial charge in [0.2, 0.25) is 0 Å². The van der Waals surface area contributed by atoms with E-state index in [0.29, 0.717) is 0 Å². The summed E-state index contributed by atoms with van der Waals surface area (Å²) in [6, 6.07) is 17.5. The van der Waals surface area contributed by atoms with Gasteiger partial charge < -0.3 is 0 Å². The second kappa shape index (κ2) is 4.77. The number of benzene rings is 3. The minimum absolute atomic E-state index is 0.901. The van der Waals surface area contributed by atoms with E-state index in [1.165, 1.54) is 32.6 Å². The number of halogens is 1. The Balaban J connectivity index is 2.61. The average molecular weight is 297 g/mol. The molecule has 3 rings (SSSR count). The molecule has 18 heavy (non-hydrogen) atoms. The van der Waals surface area contributed by atoms with Crippen LogP contribution in [-0.4, -0.2) is 7.28 Å². The molecule has 0 N–H and O–H groups in total. The summed E-state index contributed by atoms with van der Waals surface area (Å²) >= 11 is 3.65. The van der Waals surface area contributed by atoms with E-state index in [0.717, 1.165) is 12.6 Å². The highest BCUT2D eigenvalue weighted by atomic mass is 79.9. The van der Waals surface area contributed by atoms with Crippen LogP contribution in [0.5, 0.6) is 0 Å². The third-order valence-corrected chi connectivity index (χ3v) is 4.20. The minimum atomic E-state index is 0.901. The van der Waals surface area contributed by atoms with Crippen molar-refractivity contribution in [2.45, 2.75) is 12.2 Å². The van der Waals surface area contributed by atoms with Crippen molar-refractivity contribution in [2.75, 3.05) is 0 Å². The number of hydrogen-bond donors (Lipinski definition) is 0. The molecular formula is C16H14BBr. The molecule has 0 amide bonds. The van der Waals surface area contributed by atoms with Crippen LogP contribution in [0.3, 0.4) is 0 Å². The van der Waals surface area contributed by atoms with Crippen LogP contribution >= 0.6 is 15.9 Å². The highest BCUT2D eigenvalue weighted by Gasteiger charge is 2.11. The maximum atomic E-state index is 3.65. The van der Waals surface area contributed by atoms with Gasteiger partial charge >= 0.3 is 0 Å². The second-order valence-electron chi connectivity index (χ2n) is 4.54. The lowest BCUT2D eigenvalue weighted by Crippen LogP contribution is -2.14. The van der Waals surface area contributed by atoms with E-state index in [4.69, 9.17) is 0 Å². The van der Waals surface area contributed by atoms with Crippen LogP contribution in [0.15, 0.2) is 48.5 Å². The molecule has 0 saturated heterocycles. The van der Waals surface area contributed by atoms with Crippen molar-refractivity contribution in [1.82, 2.24) is 0 Å². The van der Waals surface area contributed by atoms with Crippen LogP contribution in [-0.2, 0) is 5.33 Å². The monoisotopic (exact) mass is 296 g/mol. The lowest BCUT2D eigenvalue weighted by atomic mass is 9.68. The van der Waals surface area contributed by atoms with Gasteiger partial charge in [-0.25, -0.2) is 0 Å². The Morgan fingerprint density at radius 2 is 1.28 bits per heavy atom. The quantitative estimate of drug-likeness (QED) is 0.381.